The molecule has 1 aromatic carbocycles. The molecule has 0 fully saturated rings. The Morgan fingerprint density at radius 2 is 2.13 bits per heavy atom. The highest BCUT2D eigenvalue weighted by molar-refractivity contribution is 5.89. The Hall–Kier alpha value is -1.77. The summed E-state index contributed by atoms with van der Waals surface area (Å²) < 4.78 is 0. The molecule has 0 spiro atoms. The van der Waals surface area contributed by atoms with E-state index in [9.17, 15) is 4.79 Å². The van der Waals surface area contributed by atoms with E-state index in [1.807, 2.05) is 19.9 Å². The molecule has 0 aliphatic rings. The smallest absolute Gasteiger partial charge is 0.307 e. The van der Waals surface area contributed by atoms with E-state index in [0.717, 1.165) is 27.6 Å². The number of benzene rings is 1. The van der Waals surface area contributed by atoms with E-state index in [1.165, 1.54) is 0 Å². The fourth-order valence-electron chi connectivity index (χ4n) is 1.96. The number of nitrogens with one attached hydrogen (secondary N) is 1. The van der Waals surface area contributed by atoms with Crippen molar-refractivity contribution in [2.45, 2.75) is 20.3 Å². The van der Waals surface area contributed by atoms with Crippen molar-refractivity contribution >= 4 is 16.9 Å². The number of fused-ring (bicyclic) bond motifs is 1. The summed E-state index contributed by atoms with van der Waals surface area (Å²) in [4.78, 5) is 13.8. The van der Waals surface area contributed by atoms with Crippen LogP contribution in [0, 0.1) is 13.8 Å². The van der Waals surface area contributed by atoms with Crippen LogP contribution >= 0.6 is 0 Å². The average molecular weight is 203 g/mol. The summed E-state index contributed by atoms with van der Waals surface area (Å²) in [5.74, 6) is -0.796. The molecule has 78 valence electrons. The third kappa shape index (κ3) is 1.73. The third-order valence-corrected chi connectivity index (χ3v) is 2.56. The van der Waals surface area contributed by atoms with Crippen molar-refractivity contribution in [1.29, 1.82) is 0 Å². The van der Waals surface area contributed by atoms with Gasteiger partial charge in [0.15, 0.2) is 0 Å². The summed E-state index contributed by atoms with van der Waals surface area (Å²) in [6.45, 7) is 4.04. The third-order valence-electron chi connectivity index (χ3n) is 2.56. The zero-order valence-corrected chi connectivity index (χ0v) is 8.79. The van der Waals surface area contributed by atoms with Gasteiger partial charge in [-0.1, -0.05) is 11.6 Å². The van der Waals surface area contributed by atoms with E-state index in [2.05, 4.69) is 11.1 Å². The van der Waals surface area contributed by atoms with Crippen LogP contribution in [0.15, 0.2) is 18.3 Å². The fraction of sp³-hybridized carbons (Fsp3) is 0.250. The number of carbonyl (C=O) groups is 1. The summed E-state index contributed by atoms with van der Waals surface area (Å²) in [7, 11) is 0. The molecule has 0 bridgehead atoms. The molecule has 2 N–H and O–H groups in total. The lowest BCUT2D eigenvalue weighted by molar-refractivity contribution is -0.136. The summed E-state index contributed by atoms with van der Waals surface area (Å²) in [6, 6.07) is 4.11. The number of aromatic nitrogens is 1. The Balaban J connectivity index is 2.63. The van der Waals surface area contributed by atoms with Crippen LogP contribution in [0.2, 0.25) is 0 Å². The Morgan fingerprint density at radius 3 is 2.80 bits per heavy atom. The van der Waals surface area contributed by atoms with E-state index in [4.69, 9.17) is 5.11 Å². The standard InChI is InChI=1S/C12H13NO2/c1-7-3-8(2)12-10(4-7)9(6-13-12)5-11(14)15/h3-4,6,13H,5H2,1-2H3,(H,14,15). The second kappa shape index (κ2) is 3.42. The van der Waals surface area contributed by atoms with Gasteiger partial charge in [-0.05, 0) is 31.0 Å². The van der Waals surface area contributed by atoms with Crippen molar-refractivity contribution in [3.63, 3.8) is 0 Å². The average Bonchev–Trinajstić information content (AvgIpc) is 2.48. The van der Waals surface area contributed by atoms with Crippen LogP contribution in [0.5, 0.6) is 0 Å². The summed E-state index contributed by atoms with van der Waals surface area (Å²) >= 11 is 0. The van der Waals surface area contributed by atoms with Gasteiger partial charge in [-0.2, -0.15) is 0 Å². The maximum absolute atomic E-state index is 10.7. The first-order chi connectivity index (χ1) is 7.08. The van der Waals surface area contributed by atoms with E-state index < -0.39 is 5.97 Å². The van der Waals surface area contributed by atoms with E-state index in [0.29, 0.717) is 0 Å². The quantitative estimate of drug-likeness (QED) is 0.787. The van der Waals surface area contributed by atoms with Gasteiger partial charge in [0.25, 0.3) is 0 Å². The molecular weight excluding hydrogens is 190 g/mol. The number of carboxylic acid groups (broad SMARTS) is 1. The van der Waals surface area contributed by atoms with Gasteiger partial charge in [0.2, 0.25) is 0 Å². The van der Waals surface area contributed by atoms with Gasteiger partial charge in [0.1, 0.15) is 0 Å². The molecular formula is C12H13NO2. The molecule has 2 aromatic rings. The van der Waals surface area contributed by atoms with Crippen molar-refractivity contribution in [3.8, 4) is 0 Å². The van der Waals surface area contributed by atoms with Crippen LogP contribution in [0.25, 0.3) is 10.9 Å². The Morgan fingerprint density at radius 1 is 1.40 bits per heavy atom. The van der Waals surface area contributed by atoms with Crippen molar-refractivity contribution < 1.29 is 9.90 Å². The maximum atomic E-state index is 10.7. The number of aliphatic carboxylic acids is 1. The topological polar surface area (TPSA) is 53.1 Å². The van der Waals surface area contributed by atoms with Gasteiger partial charge in [-0.3, -0.25) is 4.79 Å². The predicted octanol–water partition coefficient (Wildman–Crippen LogP) is 2.41. The van der Waals surface area contributed by atoms with Gasteiger partial charge in [-0.15, -0.1) is 0 Å². The lowest BCUT2D eigenvalue weighted by Crippen LogP contribution is -1.98. The molecule has 0 unspecified atom stereocenters. The van der Waals surface area contributed by atoms with Crippen LogP contribution in [-0.4, -0.2) is 16.1 Å². The van der Waals surface area contributed by atoms with Gasteiger partial charge in [-0.25, -0.2) is 0 Å². The summed E-state index contributed by atoms with van der Waals surface area (Å²) in [6.07, 6.45) is 1.86. The minimum Gasteiger partial charge on any atom is -0.481 e. The monoisotopic (exact) mass is 203 g/mol. The van der Waals surface area contributed by atoms with E-state index in [1.54, 1.807) is 6.20 Å². The van der Waals surface area contributed by atoms with E-state index >= 15 is 0 Å². The molecule has 0 atom stereocenters. The van der Waals surface area contributed by atoms with Gasteiger partial charge in [0.05, 0.1) is 6.42 Å². The van der Waals surface area contributed by atoms with Crippen molar-refractivity contribution in [2.24, 2.45) is 0 Å². The van der Waals surface area contributed by atoms with Crippen LogP contribution in [-0.2, 0) is 11.2 Å². The number of aryl methyl sites for hydroxylation is 2. The van der Waals surface area contributed by atoms with Gasteiger partial charge in [0, 0.05) is 17.1 Å². The first kappa shape index (κ1) is 9.77. The number of H-pyrrole nitrogens is 1. The molecule has 15 heavy (non-hydrogen) atoms. The predicted molar refractivity (Wildman–Crippen MR) is 59.1 cm³/mol. The molecule has 1 heterocycles. The Kier molecular flexibility index (Phi) is 2.23. The fourth-order valence-corrected chi connectivity index (χ4v) is 1.96. The number of hydrogen-bond acceptors (Lipinski definition) is 1. The van der Waals surface area contributed by atoms with Crippen molar-refractivity contribution in [3.05, 3.63) is 35.0 Å². The zero-order chi connectivity index (χ0) is 11.0. The SMILES string of the molecule is Cc1cc(C)c2[nH]cc(CC(=O)O)c2c1. The highest BCUT2D eigenvalue weighted by Crippen LogP contribution is 2.23. The molecule has 0 saturated heterocycles. The number of carboxylic acids is 1. The maximum Gasteiger partial charge on any atom is 0.307 e. The largest absolute Gasteiger partial charge is 0.481 e. The minimum absolute atomic E-state index is 0.0723. The Labute approximate surface area is 87.7 Å². The summed E-state index contributed by atoms with van der Waals surface area (Å²) in [5.41, 5.74) is 4.20. The first-order valence-corrected chi connectivity index (χ1v) is 4.87. The molecule has 1 aromatic heterocycles. The second-order valence-electron chi connectivity index (χ2n) is 3.89. The normalized spacial score (nSPS) is 10.8. The number of hydrogen-bond donors (Lipinski definition) is 2. The zero-order valence-electron chi connectivity index (χ0n) is 8.79. The number of aromatic amines is 1. The lowest BCUT2D eigenvalue weighted by atomic mass is 10.0. The van der Waals surface area contributed by atoms with E-state index in [-0.39, 0.29) is 6.42 Å². The molecule has 0 aliphatic heterocycles. The molecule has 0 amide bonds. The molecule has 3 nitrogen and oxygen atoms in total. The van der Waals surface area contributed by atoms with Gasteiger partial charge >= 0.3 is 5.97 Å². The highest BCUT2D eigenvalue weighted by Gasteiger charge is 2.09. The highest BCUT2D eigenvalue weighted by atomic mass is 16.4. The number of rotatable bonds is 2. The lowest BCUT2D eigenvalue weighted by Gasteiger charge is -2.00. The molecule has 0 aliphatic carbocycles. The molecule has 3 heteroatoms. The first-order valence-electron chi connectivity index (χ1n) is 4.87. The molecule has 0 radical (unpaired) electrons. The summed E-state index contributed by atoms with van der Waals surface area (Å²) in [5, 5.41) is 9.79. The van der Waals surface area contributed by atoms with Crippen LogP contribution in [0.3, 0.4) is 0 Å². The minimum atomic E-state index is -0.796. The van der Waals surface area contributed by atoms with Gasteiger partial charge < -0.3 is 10.1 Å². The Bertz CT molecular complexity index is 526. The second-order valence-corrected chi connectivity index (χ2v) is 3.89. The molecule has 0 saturated carbocycles. The van der Waals surface area contributed by atoms with Crippen LogP contribution in [0.1, 0.15) is 16.7 Å². The van der Waals surface area contributed by atoms with Crippen LogP contribution in [0.4, 0.5) is 0 Å². The van der Waals surface area contributed by atoms with Crippen LogP contribution < -0.4 is 0 Å². The molecule has 2 rings (SSSR count). The van der Waals surface area contributed by atoms with Crippen molar-refractivity contribution in [2.75, 3.05) is 0 Å². The van der Waals surface area contributed by atoms with Crippen molar-refractivity contribution in [1.82, 2.24) is 4.98 Å².